The predicted octanol–water partition coefficient (Wildman–Crippen LogP) is 3.73. The first-order valence-corrected chi connectivity index (χ1v) is 8.78. The van der Waals surface area contributed by atoms with Gasteiger partial charge < -0.3 is 5.32 Å². The lowest BCUT2D eigenvalue weighted by Crippen LogP contribution is -2.20. The molecule has 3 aromatic rings. The number of anilines is 1. The Morgan fingerprint density at radius 1 is 1.16 bits per heavy atom. The maximum absolute atomic E-state index is 4.79. The molecule has 0 bridgehead atoms. The molecule has 1 aliphatic carbocycles. The summed E-state index contributed by atoms with van der Waals surface area (Å²) in [6, 6.07) is 4.10. The highest BCUT2D eigenvalue weighted by Crippen LogP contribution is 2.27. The summed E-state index contributed by atoms with van der Waals surface area (Å²) in [4.78, 5) is 13.6. The predicted molar refractivity (Wildman–Crippen MR) is 99.2 cm³/mol. The lowest BCUT2D eigenvalue weighted by Gasteiger charge is -2.21. The van der Waals surface area contributed by atoms with Gasteiger partial charge in [0.2, 0.25) is 0 Å². The fourth-order valence-corrected chi connectivity index (χ4v) is 3.32. The quantitative estimate of drug-likeness (QED) is 0.736. The number of aryl methyl sites for hydroxylation is 1. The average molecular weight is 334 g/mol. The monoisotopic (exact) mass is 334 g/mol. The summed E-state index contributed by atoms with van der Waals surface area (Å²) in [6.07, 6.45) is 12.6. The third-order valence-electron chi connectivity index (χ3n) is 4.77. The van der Waals surface area contributed by atoms with Gasteiger partial charge in [0.25, 0.3) is 0 Å². The highest BCUT2D eigenvalue weighted by molar-refractivity contribution is 5.88. The summed E-state index contributed by atoms with van der Waals surface area (Å²) >= 11 is 0. The Labute approximate surface area is 147 Å². The molecule has 1 N–H and O–H groups in total. The SMILES string of the molecule is C[C@H](Nc1nc(-c2ccncc2)nc2c1cnn2C)C1=CCCCC1. The van der Waals surface area contributed by atoms with Crippen molar-refractivity contribution < 1.29 is 0 Å². The Bertz CT molecular complexity index is 912. The van der Waals surface area contributed by atoms with Crippen molar-refractivity contribution >= 4 is 16.9 Å². The van der Waals surface area contributed by atoms with Crippen molar-refractivity contribution in [3.63, 3.8) is 0 Å². The number of hydrogen-bond donors (Lipinski definition) is 1. The van der Waals surface area contributed by atoms with Crippen LogP contribution in [0.25, 0.3) is 22.4 Å². The van der Waals surface area contributed by atoms with E-state index in [1.54, 1.807) is 17.1 Å². The molecule has 1 atom stereocenters. The van der Waals surface area contributed by atoms with Crippen molar-refractivity contribution in [3.8, 4) is 11.4 Å². The van der Waals surface area contributed by atoms with Gasteiger partial charge >= 0.3 is 0 Å². The normalized spacial score (nSPS) is 15.8. The first-order chi connectivity index (χ1) is 12.2. The Morgan fingerprint density at radius 3 is 2.76 bits per heavy atom. The Kier molecular flexibility index (Phi) is 4.17. The Balaban J connectivity index is 1.75. The van der Waals surface area contributed by atoms with Gasteiger partial charge in [-0.2, -0.15) is 5.10 Å². The van der Waals surface area contributed by atoms with Crippen molar-refractivity contribution in [2.75, 3.05) is 5.32 Å². The van der Waals surface area contributed by atoms with Gasteiger partial charge in [-0.15, -0.1) is 0 Å². The number of rotatable bonds is 4. The van der Waals surface area contributed by atoms with Crippen LogP contribution in [-0.2, 0) is 7.05 Å². The molecule has 0 amide bonds. The molecule has 1 aliphatic rings. The third-order valence-corrected chi connectivity index (χ3v) is 4.77. The van der Waals surface area contributed by atoms with Crippen LogP contribution in [-0.4, -0.2) is 30.8 Å². The minimum absolute atomic E-state index is 0.254. The molecule has 3 aromatic heterocycles. The maximum Gasteiger partial charge on any atom is 0.164 e. The molecule has 25 heavy (non-hydrogen) atoms. The second-order valence-corrected chi connectivity index (χ2v) is 6.53. The van der Waals surface area contributed by atoms with E-state index in [9.17, 15) is 0 Å². The van der Waals surface area contributed by atoms with E-state index in [4.69, 9.17) is 9.97 Å². The van der Waals surface area contributed by atoms with E-state index in [1.807, 2.05) is 25.4 Å². The van der Waals surface area contributed by atoms with E-state index in [0.29, 0.717) is 5.82 Å². The third kappa shape index (κ3) is 3.12. The van der Waals surface area contributed by atoms with Crippen molar-refractivity contribution in [2.45, 2.75) is 38.6 Å². The van der Waals surface area contributed by atoms with Crippen LogP contribution in [0.2, 0.25) is 0 Å². The molecule has 0 aromatic carbocycles. The van der Waals surface area contributed by atoms with E-state index in [0.717, 1.165) is 28.8 Å². The summed E-state index contributed by atoms with van der Waals surface area (Å²) in [7, 11) is 1.91. The maximum atomic E-state index is 4.79. The van der Waals surface area contributed by atoms with Crippen LogP contribution in [0.1, 0.15) is 32.6 Å². The van der Waals surface area contributed by atoms with Gasteiger partial charge in [0.15, 0.2) is 11.5 Å². The number of allylic oxidation sites excluding steroid dienone is 1. The van der Waals surface area contributed by atoms with E-state index >= 15 is 0 Å². The fraction of sp³-hybridized carbons (Fsp3) is 0.368. The van der Waals surface area contributed by atoms with Crippen molar-refractivity contribution in [2.24, 2.45) is 7.05 Å². The van der Waals surface area contributed by atoms with Gasteiger partial charge in [-0.1, -0.05) is 11.6 Å². The molecule has 6 nitrogen and oxygen atoms in total. The van der Waals surface area contributed by atoms with Gasteiger partial charge in [0, 0.05) is 31.0 Å². The van der Waals surface area contributed by atoms with Gasteiger partial charge in [0.1, 0.15) is 5.82 Å². The van der Waals surface area contributed by atoms with Crippen LogP contribution in [0, 0.1) is 0 Å². The first-order valence-electron chi connectivity index (χ1n) is 8.78. The van der Waals surface area contributed by atoms with Gasteiger partial charge in [-0.3, -0.25) is 9.67 Å². The van der Waals surface area contributed by atoms with Gasteiger partial charge in [-0.25, -0.2) is 9.97 Å². The van der Waals surface area contributed by atoms with Crippen molar-refractivity contribution in [3.05, 3.63) is 42.4 Å². The number of pyridine rings is 1. The molecule has 128 valence electrons. The highest BCUT2D eigenvalue weighted by atomic mass is 15.3. The van der Waals surface area contributed by atoms with Crippen LogP contribution < -0.4 is 5.32 Å². The summed E-state index contributed by atoms with van der Waals surface area (Å²) in [5.41, 5.74) is 3.24. The van der Waals surface area contributed by atoms with Crippen LogP contribution in [0.5, 0.6) is 0 Å². The minimum Gasteiger partial charge on any atom is -0.363 e. The molecule has 0 spiro atoms. The highest BCUT2D eigenvalue weighted by Gasteiger charge is 2.17. The molecule has 0 saturated heterocycles. The van der Waals surface area contributed by atoms with Crippen LogP contribution in [0.3, 0.4) is 0 Å². The summed E-state index contributed by atoms with van der Waals surface area (Å²) in [6.45, 7) is 2.20. The second kappa shape index (κ2) is 6.63. The van der Waals surface area contributed by atoms with E-state index in [-0.39, 0.29) is 6.04 Å². The van der Waals surface area contributed by atoms with Crippen molar-refractivity contribution in [1.29, 1.82) is 0 Å². The molecule has 0 radical (unpaired) electrons. The van der Waals surface area contributed by atoms with Crippen LogP contribution in [0.15, 0.2) is 42.4 Å². The standard InChI is InChI=1S/C19H22N6/c1-13(14-6-4-3-5-7-14)22-18-16-12-21-25(2)19(16)24-17(23-18)15-8-10-20-11-9-15/h6,8-13H,3-5,7H2,1-2H3,(H,22,23,24)/t13-/m0/s1. The van der Waals surface area contributed by atoms with Crippen molar-refractivity contribution in [1.82, 2.24) is 24.7 Å². The molecule has 6 heteroatoms. The average Bonchev–Trinajstić information content (AvgIpc) is 3.04. The zero-order valence-corrected chi connectivity index (χ0v) is 14.6. The molecule has 0 unspecified atom stereocenters. The minimum atomic E-state index is 0.254. The molecular weight excluding hydrogens is 312 g/mol. The summed E-state index contributed by atoms with van der Waals surface area (Å²) in [5, 5.41) is 8.90. The number of nitrogens with zero attached hydrogens (tertiary/aromatic N) is 5. The number of fused-ring (bicyclic) bond motifs is 1. The van der Waals surface area contributed by atoms with E-state index in [1.165, 1.54) is 24.8 Å². The van der Waals surface area contributed by atoms with Crippen LogP contribution >= 0.6 is 0 Å². The molecule has 4 rings (SSSR count). The molecule has 0 saturated carbocycles. The van der Waals surface area contributed by atoms with E-state index in [2.05, 4.69) is 28.4 Å². The first kappa shape index (κ1) is 15.7. The smallest absolute Gasteiger partial charge is 0.164 e. The van der Waals surface area contributed by atoms with Gasteiger partial charge in [0.05, 0.1) is 11.6 Å². The number of hydrogen-bond acceptors (Lipinski definition) is 5. The molecule has 0 aliphatic heterocycles. The largest absolute Gasteiger partial charge is 0.363 e. The Morgan fingerprint density at radius 2 is 2.00 bits per heavy atom. The lowest BCUT2D eigenvalue weighted by atomic mass is 9.95. The van der Waals surface area contributed by atoms with Crippen LogP contribution in [0.4, 0.5) is 5.82 Å². The second-order valence-electron chi connectivity index (χ2n) is 6.53. The summed E-state index contributed by atoms with van der Waals surface area (Å²) < 4.78 is 1.79. The molecule has 3 heterocycles. The topological polar surface area (TPSA) is 68.5 Å². The Hall–Kier alpha value is -2.76. The number of nitrogens with one attached hydrogen (secondary N) is 1. The number of aromatic nitrogens is 5. The molecule has 0 fully saturated rings. The lowest BCUT2D eigenvalue weighted by molar-refractivity contribution is 0.665. The zero-order valence-electron chi connectivity index (χ0n) is 14.6. The summed E-state index contributed by atoms with van der Waals surface area (Å²) in [5.74, 6) is 1.52. The fourth-order valence-electron chi connectivity index (χ4n) is 3.32. The van der Waals surface area contributed by atoms with Gasteiger partial charge in [-0.05, 0) is 44.7 Å². The van der Waals surface area contributed by atoms with E-state index < -0.39 is 0 Å². The molecular formula is C19H22N6. The zero-order chi connectivity index (χ0) is 17.2.